The van der Waals surface area contributed by atoms with Crippen LogP contribution in [-0.4, -0.2) is 63.2 Å². The summed E-state index contributed by atoms with van der Waals surface area (Å²) in [4.78, 5) is 13.3. The maximum atomic E-state index is 4.56. The third kappa shape index (κ3) is 3.84. The van der Waals surface area contributed by atoms with Gasteiger partial charge in [-0.2, -0.15) is 0 Å². The van der Waals surface area contributed by atoms with Crippen LogP contribution >= 0.6 is 0 Å². The average molecular weight is 276 g/mol. The summed E-state index contributed by atoms with van der Waals surface area (Å²) in [5.41, 5.74) is 1.15. The standard InChI is InChI=1S/C14H24N6/c1-15-14(16-2)18-11-12-4-5-13(17-10-12)20-8-6-19(3)7-9-20/h4-5,10H,6-9,11H2,1-3H3,(H2,15,16,18). The van der Waals surface area contributed by atoms with E-state index in [0.717, 1.165) is 50.1 Å². The van der Waals surface area contributed by atoms with Gasteiger partial charge in [0.2, 0.25) is 0 Å². The summed E-state index contributed by atoms with van der Waals surface area (Å²) in [6, 6.07) is 4.22. The quantitative estimate of drug-likeness (QED) is 0.607. The number of aromatic nitrogens is 1. The average Bonchev–Trinajstić information content (AvgIpc) is 2.50. The number of nitrogens with one attached hydrogen (secondary N) is 2. The Morgan fingerprint density at radius 3 is 2.60 bits per heavy atom. The Balaban J connectivity index is 1.89. The van der Waals surface area contributed by atoms with Crippen molar-refractivity contribution in [1.29, 1.82) is 0 Å². The smallest absolute Gasteiger partial charge is 0.190 e. The molecule has 1 fully saturated rings. The molecule has 110 valence electrons. The van der Waals surface area contributed by atoms with Crippen molar-refractivity contribution in [3.63, 3.8) is 0 Å². The molecule has 0 aliphatic carbocycles. The van der Waals surface area contributed by atoms with Crippen LogP contribution in [0.5, 0.6) is 0 Å². The number of aliphatic imine (C=N–C) groups is 1. The molecule has 0 unspecified atom stereocenters. The van der Waals surface area contributed by atoms with Crippen LogP contribution in [0, 0.1) is 0 Å². The number of likely N-dealkylation sites (N-methyl/N-ethyl adjacent to an activating group) is 1. The SMILES string of the molecule is CN=C(NC)NCc1ccc(N2CCN(C)CC2)nc1. The lowest BCUT2D eigenvalue weighted by molar-refractivity contribution is 0.312. The molecule has 0 atom stereocenters. The van der Waals surface area contributed by atoms with Crippen LogP contribution in [0.4, 0.5) is 5.82 Å². The van der Waals surface area contributed by atoms with E-state index < -0.39 is 0 Å². The molecule has 20 heavy (non-hydrogen) atoms. The van der Waals surface area contributed by atoms with Gasteiger partial charge in [0, 0.05) is 53.0 Å². The molecule has 1 aliphatic rings. The minimum Gasteiger partial charge on any atom is -0.359 e. The van der Waals surface area contributed by atoms with Gasteiger partial charge < -0.3 is 20.4 Å². The Morgan fingerprint density at radius 1 is 1.30 bits per heavy atom. The minimum atomic E-state index is 0.726. The monoisotopic (exact) mass is 276 g/mol. The fourth-order valence-corrected chi connectivity index (χ4v) is 2.21. The number of anilines is 1. The van der Waals surface area contributed by atoms with E-state index >= 15 is 0 Å². The molecule has 1 aromatic rings. The second kappa shape index (κ2) is 7.09. The molecule has 0 radical (unpaired) electrons. The molecule has 6 nitrogen and oxygen atoms in total. The zero-order valence-corrected chi connectivity index (χ0v) is 12.6. The zero-order chi connectivity index (χ0) is 14.4. The van der Waals surface area contributed by atoms with E-state index in [1.165, 1.54) is 0 Å². The predicted octanol–water partition coefficient (Wildman–Crippen LogP) is 0.128. The van der Waals surface area contributed by atoms with Crippen LogP contribution in [0.2, 0.25) is 0 Å². The Kier molecular flexibility index (Phi) is 5.17. The van der Waals surface area contributed by atoms with Gasteiger partial charge in [-0.25, -0.2) is 4.98 Å². The largest absolute Gasteiger partial charge is 0.359 e. The predicted molar refractivity (Wildman–Crippen MR) is 83.2 cm³/mol. The molecule has 0 saturated carbocycles. The van der Waals surface area contributed by atoms with Crippen molar-refractivity contribution in [3.05, 3.63) is 23.9 Å². The van der Waals surface area contributed by atoms with Crippen LogP contribution in [-0.2, 0) is 6.54 Å². The van der Waals surface area contributed by atoms with Gasteiger partial charge in [0.15, 0.2) is 5.96 Å². The Labute approximate surface area is 120 Å². The molecule has 0 aromatic carbocycles. The molecule has 0 amide bonds. The van der Waals surface area contributed by atoms with E-state index in [0.29, 0.717) is 0 Å². The van der Waals surface area contributed by atoms with Crippen molar-refractivity contribution in [2.75, 3.05) is 52.2 Å². The molecule has 2 N–H and O–H groups in total. The van der Waals surface area contributed by atoms with Gasteiger partial charge in [0.05, 0.1) is 0 Å². The highest BCUT2D eigenvalue weighted by atomic mass is 15.3. The van der Waals surface area contributed by atoms with E-state index in [4.69, 9.17) is 0 Å². The van der Waals surface area contributed by atoms with Crippen molar-refractivity contribution < 1.29 is 0 Å². The van der Waals surface area contributed by atoms with Gasteiger partial charge in [-0.1, -0.05) is 6.07 Å². The molecular formula is C14H24N6. The van der Waals surface area contributed by atoms with E-state index in [9.17, 15) is 0 Å². The van der Waals surface area contributed by atoms with Gasteiger partial charge in [-0.15, -0.1) is 0 Å². The van der Waals surface area contributed by atoms with Crippen LogP contribution in [0.25, 0.3) is 0 Å². The van der Waals surface area contributed by atoms with E-state index in [1.54, 1.807) is 7.05 Å². The number of rotatable bonds is 3. The summed E-state index contributed by atoms with van der Waals surface area (Å²) in [6.07, 6.45) is 1.93. The van der Waals surface area contributed by atoms with Crippen molar-refractivity contribution in [2.24, 2.45) is 4.99 Å². The fraction of sp³-hybridized carbons (Fsp3) is 0.571. The Morgan fingerprint density at radius 2 is 2.05 bits per heavy atom. The fourth-order valence-electron chi connectivity index (χ4n) is 2.21. The van der Waals surface area contributed by atoms with Gasteiger partial charge in [-0.05, 0) is 18.7 Å². The summed E-state index contributed by atoms with van der Waals surface area (Å²) in [5, 5.41) is 6.21. The summed E-state index contributed by atoms with van der Waals surface area (Å²) in [6.45, 7) is 5.03. The Hall–Kier alpha value is -1.82. The highest BCUT2D eigenvalue weighted by molar-refractivity contribution is 5.79. The summed E-state index contributed by atoms with van der Waals surface area (Å²) in [5.74, 6) is 1.85. The third-order valence-electron chi connectivity index (χ3n) is 3.56. The molecule has 1 saturated heterocycles. The number of hydrogen-bond donors (Lipinski definition) is 2. The first kappa shape index (κ1) is 14.6. The number of nitrogens with zero attached hydrogens (tertiary/aromatic N) is 4. The number of guanidine groups is 1. The van der Waals surface area contributed by atoms with Crippen LogP contribution in [0.3, 0.4) is 0 Å². The van der Waals surface area contributed by atoms with Crippen LogP contribution in [0.15, 0.2) is 23.3 Å². The van der Waals surface area contributed by atoms with E-state index in [2.05, 4.69) is 49.6 Å². The number of hydrogen-bond acceptors (Lipinski definition) is 4. The first-order valence-electron chi connectivity index (χ1n) is 6.99. The molecule has 1 aliphatic heterocycles. The molecule has 0 spiro atoms. The Bertz CT molecular complexity index is 433. The van der Waals surface area contributed by atoms with Crippen molar-refractivity contribution in [1.82, 2.24) is 20.5 Å². The second-order valence-corrected chi connectivity index (χ2v) is 4.99. The number of piperazine rings is 1. The minimum absolute atomic E-state index is 0.726. The maximum Gasteiger partial charge on any atom is 0.190 e. The molecule has 2 rings (SSSR count). The van der Waals surface area contributed by atoms with Gasteiger partial charge in [0.25, 0.3) is 0 Å². The highest BCUT2D eigenvalue weighted by Crippen LogP contribution is 2.13. The van der Waals surface area contributed by atoms with Crippen molar-refractivity contribution >= 4 is 11.8 Å². The lowest BCUT2D eigenvalue weighted by Crippen LogP contribution is -2.44. The lowest BCUT2D eigenvalue weighted by Gasteiger charge is -2.33. The molecule has 2 heterocycles. The topological polar surface area (TPSA) is 55.8 Å². The van der Waals surface area contributed by atoms with E-state index in [-0.39, 0.29) is 0 Å². The molecule has 1 aromatic heterocycles. The first-order chi connectivity index (χ1) is 9.72. The normalized spacial score (nSPS) is 17.1. The molecule has 6 heteroatoms. The summed E-state index contributed by atoms with van der Waals surface area (Å²) in [7, 11) is 5.77. The summed E-state index contributed by atoms with van der Waals surface area (Å²) >= 11 is 0. The van der Waals surface area contributed by atoms with Gasteiger partial charge >= 0.3 is 0 Å². The molecular weight excluding hydrogens is 252 g/mol. The van der Waals surface area contributed by atoms with Crippen LogP contribution < -0.4 is 15.5 Å². The lowest BCUT2D eigenvalue weighted by atomic mass is 10.2. The second-order valence-electron chi connectivity index (χ2n) is 4.99. The van der Waals surface area contributed by atoms with Gasteiger partial charge in [-0.3, -0.25) is 4.99 Å². The van der Waals surface area contributed by atoms with E-state index in [1.807, 2.05) is 13.2 Å². The zero-order valence-electron chi connectivity index (χ0n) is 12.6. The highest BCUT2D eigenvalue weighted by Gasteiger charge is 2.14. The van der Waals surface area contributed by atoms with Crippen LogP contribution in [0.1, 0.15) is 5.56 Å². The summed E-state index contributed by atoms with van der Waals surface area (Å²) < 4.78 is 0. The van der Waals surface area contributed by atoms with Crippen molar-refractivity contribution in [2.45, 2.75) is 6.54 Å². The third-order valence-corrected chi connectivity index (χ3v) is 3.56. The van der Waals surface area contributed by atoms with Gasteiger partial charge in [0.1, 0.15) is 5.82 Å². The molecule has 0 bridgehead atoms. The van der Waals surface area contributed by atoms with Crippen molar-refractivity contribution in [3.8, 4) is 0 Å². The number of pyridine rings is 1. The maximum absolute atomic E-state index is 4.56. The first-order valence-corrected chi connectivity index (χ1v) is 6.99.